The number of hydrogen-bond donors (Lipinski definition) is 2. The fourth-order valence-corrected chi connectivity index (χ4v) is 2.46. The maximum atomic E-state index is 11.8. The van der Waals surface area contributed by atoms with Gasteiger partial charge in [0.05, 0.1) is 21.2 Å². The smallest absolute Gasteiger partial charge is 0.267 e. The first-order valence-corrected chi connectivity index (χ1v) is 6.46. The molecule has 0 atom stereocenters. The molecule has 0 aliphatic carbocycles. The van der Waals surface area contributed by atoms with Gasteiger partial charge >= 0.3 is 0 Å². The molecule has 0 aliphatic heterocycles. The number of carbonyl (C=O) groups is 1. The second-order valence-electron chi connectivity index (χ2n) is 3.49. The largest absolute Gasteiger partial charge is 0.505 e. The molecule has 0 spiro atoms. The number of carbonyl (C=O) groups excluding carboxylic acids is 1. The molecule has 94 valence electrons. The summed E-state index contributed by atoms with van der Waals surface area (Å²) in [6.45, 7) is 1.82. The molecule has 1 aromatic heterocycles. The standard InChI is InChI=1S/C11H8Cl2N2O2S/c1-5-14-4-9(18-5)11(17)15-6-2-7(12)10(16)8(13)3-6/h2-4,16H,1H3,(H,15,17). The summed E-state index contributed by atoms with van der Waals surface area (Å²) in [5.74, 6) is -0.497. The van der Waals surface area contributed by atoms with Gasteiger partial charge in [-0.2, -0.15) is 0 Å². The van der Waals surface area contributed by atoms with Gasteiger partial charge in [0.15, 0.2) is 5.75 Å². The molecule has 4 nitrogen and oxygen atoms in total. The lowest BCUT2D eigenvalue weighted by Gasteiger charge is -2.06. The normalized spacial score (nSPS) is 10.4. The Morgan fingerprint density at radius 1 is 1.39 bits per heavy atom. The van der Waals surface area contributed by atoms with Crippen LogP contribution in [0.25, 0.3) is 0 Å². The van der Waals surface area contributed by atoms with Crippen molar-refractivity contribution in [3.8, 4) is 5.75 Å². The first-order valence-electron chi connectivity index (χ1n) is 4.89. The molecular weight excluding hydrogens is 295 g/mol. The fourth-order valence-electron chi connectivity index (χ4n) is 1.30. The van der Waals surface area contributed by atoms with Gasteiger partial charge in [-0.25, -0.2) is 4.98 Å². The molecule has 0 aliphatic rings. The number of aromatic nitrogens is 1. The van der Waals surface area contributed by atoms with Crippen molar-refractivity contribution in [2.75, 3.05) is 5.32 Å². The van der Waals surface area contributed by atoms with Crippen LogP contribution in [0.4, 0.5) is 5.69 Å². The highest BCUT2D eigenvalue weighted by atomic mass is 35.5. The van der Waals surface area contributed by atoms with E-state index in [4.69, 9.17) is 23.2 Å². The Balaban J connectivity index is 2.22. The molecule has 2 N–H and O–H groups in total. The lowest BCUT2D eigenvalue weighted by Crippen LogP contribution is -2.10. The Labute approximate surface area is 117 Å². The quantitative estimate of drug-likeness (QED) is 0.831. The van der Waals surface area contributed by atoms with Crippen molar-refractivity contribution in [1.29, 1.82) is 0 Å². The summed E-state index contributed by atoms with van der Waals surface area (Å²) in [6.07, 6.45) is 1.50. The molecule has 2 rings (SSSR count). The van der Waals surface area contributed by atoms with E-state index >= 15 is 0 Å². The van der Waals surface area contributed by atoms with Gasteiger partial charge < -0.3 is 10.4 Å². The topological polar surface area (TPSA) is 62.2 Å². The van der Waals surface area contributed by atoms with Crippen LogP contribution in [-0.2, 0) is 0 Å². The summed E-state index contributed by atoms with van der Waals surface area (Å²) >= 11 is 12.8. The number of aromatic hydroxyl groups is 1. The van der Waals surface area contributed by atoms with Crippen LogP contribution in [-0.4, -0.2) is 16.0 Å². The molecule has 0 radical (unpaired) electrons. The Bertz CT molecular complexity index is 590. The second kappa shape index (κ2) is 5.14. The molecule has 0 saturated heterocycles. The zero-order valence-corrected chi connectivity index (χ0v) is 11.5. The Morgan fingerprint density at radius 2 is 2.00 bits per heavy atom. The van der Waals surface area contributed by atoms with E-state index in [1.54, 1.807) is 0 Å². The summed E-state index contributed by atoms with van der Waals surface area (Å²) in [5.41, 5.74) is 0.416. The van der Waals surface area contributed by atoms with E-state index < -0.39 is 0 Å². The van der Waals surface area contributed by atoms with E-state index in [0.717, 1.165) is 5.01 Å². The average Bonchev–Trinajstić information content (AvgIpc) is 2.72. The minimum Gasteiger partial charge on any atom is -0.505 e. The lowest BCUT2D eigenvalue weighted by atomic mass is 10.3. The number of rotatable bonds is 2. The number of amides is 1. The van der Waals surface area contributed by atoms with Crippen molar-refractivity contribution in [2.24, 2.45) is 0 Å². The number of phenols is 1. The van der Waals surface area contributed by atoms with Crippen LogP contribution in [0.3, 0.4) is 0 Å². The van der Waals surface area contributed by atoms with Crippen LogP contribution >= 0.6 is 34.5 Å². The van der Waals surface area contributed by atoms with E-state index in [0.29, 0.717) is 10.6 Å². The second-order valence-corrected chi connectivity index (χ2v) is 5.54. The van der Waals surface area contributed by atoms with Crippen molar-refractivity contribution in [2.45, 2.75) is 6.92 Å². The zero-order chi connectivity index (χ0) is 13.3. The van der Waals surface area contributed by atoms with Gasteiger partial charge in [-0.05, 0) is 19.1 Å². The number of halogens is 2. The maximum Gasteiger partial charge on any atom is 0.267 e. The molecule has 0 saturated carbocycles. The molecule has 7 heteroatoms. The summed E-state index contributed by atoms with van der Waals surface area (Å²) in [4.78, 5) is 16.3. The molecule has 1 amide bonds. The van der Waals surface area contributed by atoms with Crippen LogP contribution in [0.5, 0.6) is 5.75 Å². The van der Waals surface area contributed by atoms with Gasteiger partial charge in [-0.3, -0.25) is 4.79 Å². The van der Waals surface area contributed by atoms with Crippen molar-refractivity contribution < 1.29 is 9.90 Å². The first kappa shape index (κ1) is 13.1. The number of phenolic OH excluding ortho intramolecular Hbond substituents is 1. The van der Waals surface area contributed by atoms with Gasteiger partial charge in [0.2, 0.25) is 0 Å². The van der Waals surface area contributed by atoms with Crippen LogP contribution in [0.1, 0.15) is 14.7 Å². The third-order valence-corrected chi connectivity index (χ3v) is 3.61. The molecule has 18 heavy (non-hydrogen) atoms. The highest BCUT2D eigenvalue weighted by Gasteiger charge is 2.12. The number of nitrogens with one attached hydrogen (secondary N) is 1. The predicted octanol–water partition coefficient (Wildman–Crippen LogP) is 3.72. The van der Waals surface area contributed by atoms with E-state index in [-0.39, 0.29) is 21.7 Å². The molecular formula is C11H8Cl2N2O2S. The number of thiazole rings is 1. The van der Waals surface area contributed by atoms with Gasteiger partial charge in [-0.1, -0.05) is 23.2 Å². The number of anilines is 1. The summed E-state index contributed by atoms with van der Waals surface area (Å²) in [5, 5.41) is 13.0. The number of hydrogen-bond acceptors (Lipinski definition) is 4. The Hall–Kier alpha value is -1.30. The third kappa shape index (κ3) is 2.75. The van der Waals surface area contributed by atoms with Gasteiger partial charge in [-0.15, -0.1) is 11.3 Å². The minimum atomic E-state index is -0.293. The minimum absolute atomic E-state index is 0.0817. The monoisotopic (exact) mass is 302 g/mol. The van der Waals surface area contributed by atoms with Crippen molar-refractivity contribution in [3.05, 3.63) is 38.3 Å². The summed E-state index contributed by atoms with van der Waals surface area (Å²) in [6, 6.07) is 2.85. The number of aryl methyl sites for hydroxylation is 1. The molecule has 1 heterocycles. The van der Waals surface area contributed by atoms with Crippen LogP contribution in [0.15, 0.2) is 18.3 Å². The highest BCUT2D eigenvalue weighted by molar-refractivity contribution is 7.13. The summed E-state index contributed by atoms with van der Waals surface area (Å²) in [7, 11) is 0. The van der Waals surface area contributed by atoms with E-state index in [1.807, 2.05) is 6.92 Å². The van der Waals surface area contributed by atoms with E-state index in [9.17, 15) is 9.90 Å². The van der Waals surface area contributed by atoms with E-state index in [1.165, 1.54) is 29.7 Å². The zero-order valence-electron chi connectivity index (χ0n) is 9.20. The Morgan fingerprint density at radius 3 is 2.50 bits per heavy atom. The van der Waals surface area contributed by atoms with Crippen molar-refractivity contribution in [1.82, 2.24) is 4.98 Å². The first-order chi connectivity index (χ1) is 8.47. The lowest BCUT2D eigenvalue weighted by molar-refractivity contribution is 0.103. The van der Waals surface area contributed by atoms with Crippen molar-refractivity contribution in [3.63, 3.8) is 0 Å². The predicted molar refractivity (Wildman–Crippen MR) is 72.9 cm³/mol. The van der Waals surface area contributed by atoms with Crippen molar-refractivity contribution >= 4 is 46.1 Å². The molecule has 0 fully saturated rings. The number of nitrogens with zero attached hydrogens (tertiary/aromatic N) is 1. The SMILES string of the molecule is Cc1ncc(C(=O)Nc2cc(Cl)c(O)c(Cl)c2)s1. The van der Waals surface area contributed by atoms with Crippen LogP contribution < -0.4 is 5.32 Å². The van der Waals surface area contributed by atoms with Gasteiger partial charge in [0.1, 0.15) is 4.88 Å². The van der Waals surface area contributed by atoms with Gasteiger partial charge in [0.25, 0.3) is 5.91 Å². The Kier molecular flexibility index (Phi) is 3.75. The molecule has 1 aromatic carbocycles. The third-order valence-electron chi connectivity index (χ3n) is 2.12. The van der Waals surface area contributed by atoms with Gasteiger partial charge in [0, 0.05) is 5.69 Å². The summed E-state index contributed by atoms with van der Waals surface area (Å²) < 4.78 is 0. The average molecular weight is 303 g/mol. The molecule has 2 aromatic rings. The fraction of sp³-hybridized carbons (Fsp3) is 0.0909. The molecule has 0 bridgehead atoms. The molecule has 0 unspecified atom stereocenters. The van der Waals surface area contributed by atoms with Crippen LogP contribution in [0.2, 0.25) is 10.0 Å². The van der Waals surface area contributed by atoms with E-state index in [2.05, 4.69) is 10.3 Å². The highest BCUT2D eigenvalue weighted by Crippen LogP contribution is 2.34. The maximum absolute atomic E-state index is 11.8. The number of benzene rings is 1. The van der Waals surface area contributed by atoms with Crippen LogP contribution in [0, 0.1) is 6.92 Å².